The van der Waals surface area contributed by atoms with Gasteiger partial charge in [-0.1, -0.05) is 6.42 Å². The minimum absolute atomic E-state index is 0.0706. The molecule has 1 heterocycles. The first kappa shape index (κ1) is 8.05. The maximum atomic E-state index is 10.9. The van der Waals surface area contributed by atoms with Crippen molar-refractivity contribution in [3.63, 3.8) is 0 Å². The van der Waals surface area contributed by atoms with Crippen molar-refractivity contribution in [2.75, 3.05) is 13.1 Å². The highest BCUT2D eigenvalue weighted by molar-refractivity contribution is 5.70. The molecular weight excluding hydrogens is 154 g/mol. The van der Waals surface area contributed by atoms with Gasteiger partial charge in [-0.05, 0) is 37.8 Å². The predicted octanol–water partition coefficient (Wildman–Crippen LogP) is 0.707. The molecule has 3 atom stereocenters. The van der Waals surface area contributed by atoms with Gasteiger partial charge in [-0.2, -0.15) is 0 Å². The number of aliphatic carboxylic acids is 1. The average molecular weight is 169 g/mol. The van der Waals surface area contributed by atoms with E-state index in [4.69, 9.17) is 5.11 Å². The normalized spacial score (nSPS) is 40.8. The molecule has 2 N–H and O–H groups in total. The summed E-state index contributed by atoms with van der Waals surface area (Å²) in [6.45, 7) is 1.95. The molecule has 12 heavy (non-hydrogen) atoms. The summed E-state index contributed by atoms with van der Waals surface area (Å²) in [5.74, 6) is 0.392. The summed E-state index contributed by atoms with van der Waals surface area (Å²) in [5.41, 5.74) is 0. The zero-order valence-corrected chi connectivity index (χ0v) is 7.12. The van der Waals surface area contributed by atoms with Crippen LogP contribution in [0.2, 0.25) is 0 Å². The van der Waals surface area contributed by atoms with Crippen molar-refractivity contribution in [1.29, 1.82) is 0 Å². The van der Waals surface area contributed by atoms with E-state index in [9.17, 15) is 4.79 Å². The topological polar surface area (TPSA) is 49.3 Å². The first-order valence-corrected chi connectivity index (χ1v) is 4.72. The van der Waals surface area contributed by atoms with E-state index in [-0.39, 0.29) is 5.92 Å². The number of fused-ring (bicyclic) bond motifs is 1. The lowest BCUT2D eigenvalue weighted by Gasteiger charge is -2.29. The van der Waals surface area contributed by atoms with E-state index in [1.807, 2.05) is 0 Å². The number of nitrogens with one attached hydrogen (secondary N) is 1. The van der Waals surface area contributed by atoms with Crippen molar-refractivity contribution < 1.29 is 9.90 Å². The van der Waals surface area contributed by atoms with Gasteiger partial charge in [0.1, 0.15) is 0 Å². The number of hydrogen-bond acceptors (Lipinski definition) is 2. The second kappa shape index (κ2) is 3.05. The van der Waals surface area contributed by atoms with Crippen molar-refractivity contribution in [3.8, 4) is 0 Å². The second-order valence-corrected chi connectivity index (χ2v) is 3.96. The third kappa shape index (κ3) is 1.22. The lowest BCUT2D eigenvalue weighted by molar-refractivity contribution is -0.145. The molecule has 3 nitrogen and oxygen atoms in total. The molecule has 1 saturated carbocycles. The third-order valence-corrected chi connectivity index (χ3v) is 3.32. The Labute approximate surface area is 72.2 Å². The molecule has 68 valence electrons. The summed E-state index contributed by atoms with van der Waals surface area (Å²) in [5, 5.41) is 12.2. The summed E-state index contributed by atoms with van der Waals surface area (Å²) in [6, 6.07) is 0. The van der Waals surface area contributed by atoms with Gasteiger partial charge in [0.2, 0.25) is 0 Å². The highest BCUT2D eigenvalue weighted by Gasteiger charge is 2.39. The van der Waals surface area contributed by atoms with E-state index < -0.39 is 5.97 Å². The van der Waals surface area contributed by atoms with Crippen LogP contribution in [0.5, 0.6) is 0 Å². The Morgan fingerprint density at radius 1 is 1.33 bits per heavy atom. The Bertz CT molecular complexity index is 193. The molecule has 1 aliphatic heterocycles. The highest BCUT2D eigenvalue weighted by atomic mass is 16.4. The van der Waals surface area contributed by atoms with E-state index in [0.717, 1.165) is 25.9 Å². The first-order valence-electron chi connectivity index (χ1n) is 4.72. The molecule has 2 aliphatic rings. The molecule has 0 aromatic heterocycles. The SMILES string of the molecule is O=C(O)[C@@H]1CCC[C@H]2CNC[C@H]21. The van der Waals surface area contributed by atoms with Gasteiger partial charge in [0.05, 0.1) is 5.92 Å². The molecule has 2 rings (SSSR count). The van der Waals surface area contributed by atoms with Crippen LogP contribution in [0.4, 0.5) is 0 Å². The highest BCUT2D eigenvalue weighted by Crippen LogP contribution is 2.36. The Morgan fingerprint density at radius 3 is 2.92 bits per heavy atom. The monoisotopic (exact) mass is 169 g/mol. The van der Waals surface area contributed by atoms with Crippen LogP contribution in [-0.2, 0) is 4.79 Å². The van der Waals surface area contributed by atoms with Crippen molar-refractivity contribution in [1.82, 2.24) is 5.32 Å². The van der Waals surface area contributed by atoms with E-state index >= 15 is 0 Å². The van der Waals surface area contributed by atoms with Crippen LogP contribution < -0.4 is 5.32 Å². The molecular formula is C9H15NO2. The van der Waals surface area contributed by atoms with Crippen molar-refractivity contribution in [3.05, 3.63) is 0 Å². The largest absolute Gasteiger partial charge is 0.481 e. The van der Waals surface area contributed by atoms with Gasteiger partial charge in [0.25, 0.3) is 0 Å². The van der Waals surface area contributed by atoms with Crippen LogP contribution in [0.3, 0.4) is 0 Å². The fourth-order valence-corrected chi connectivity index (χ4v) is 2.66. The summed E-state index contributed by atoms with van der Waals surface area (Å²) in [6.07, 6.45) is 3.21. The molecule has 1 saturated heterocycles. The van der Waals surface area contributed by atoms with Crippen LogP contribution in [0.1, 0.15) is 19.3 Å². The van der Waals surface area contributed by atoms with Crippen LogP contribution in [0.25, 0.3) is 0 Å². The first-order chi connectivity index (χ1) is 5.79. The quantitative estimate of drug-likeness (QED) is 0.607. The van der Waals surface area contributed by atoms with Gasteiger partial charge in [-0.25, -0.2) is 0 Å². The van der Waals surface area contributed by atoms with Crippen molar-refractivity contribution in [2.24, 2.45) is 17.8 Å². The Kier molecular flexibility index (Phi) is 2.05. The molecule has 2 fully saturated rings. The number of rotatable bonds is 1. The molecule has 0 spiro atoms. The minimum atomic E-state index is -0.589. The fourth-order valence-electron chi connectivity index (χ4n) is 2.66. The third-order valence-electron chi connectivity index (χ3n) is 3.32. The molecule has 0 unspecified atom stereocenters. The van der Waals surface area contributed by atoms with Crippen LogP contribution in [0.15, 0.2) is 0 Å². The van der Waals surface area contributed by atoms with Gasteiger partial charge in [0, 0.05) is 0 Å². The van der Waals surface area contributed by atoms with E-state index in [1.54, 1.807) is 0 Å². The summed E-state index contributed by atoms with van der Waals surface area (Å²) in [7, 11) is 0. The minimum Gasteiger partial charge on any atom is -0.481 e. The predicted molar refractivity (Wildman–Crippen MR) is 44.8 cm³/mol. The van der Waals surface area contributed by atoms with E-state index in [2.05, 4.69) is 5.32 Å². The Balaban J connectivity index is 2.08. The maximum Gasteiger partial charge on any atom is 0.306 e. The Morgan fingerprint density at radius 2 is 2.17 bits per heavy atom. The molecule has 3 heteroatoms. The molecule has 1 aliphatic carbocycles. The smallest absolute Gasteiger partial charge is 0.306 e. The fraction of sp³-hybridized carbons (Fsp3) is 0.889. The van der Waals surface area contributed by atoms with E-state index in [0.29, 0.717) is 11.8 Å². The summed E-state index contributed by atoms with van der Waals surface area (Å²) >= 11 is 0. The van der Waals surface area contributed by atoms with Crippen LogP contribution in [0, 0.1) is 17.8 Å². The lowest BCUT2D eigenvalue weighted by Crippen LogP contribution is -2.32. The molecule has 0 radical (unpaired) electrons. The number of hydrogen-bond donors (Lipinski definition) is 2. The van der Waals surface area contributed by atoms with Gasteiger partial charge in [-0.3, -0.25) is 4.79 Å². The van der Waals surface area contributed by atoms with Crippen LogP contribution >= 0.6 is 0 Å². The molecule has 0 bridgehead atoms. The van der Waals surface area contributed by atoms with Crippen molar-refractivity contribution in [2.45, 2.75) is 19.3 Å². The number of carbonyl (C=O) groups is 1. The molecule has 0 aromatic carbocycles. The number of carboxylic acids is 1. The molecule has 0 amide bonds. The van der Waals surface area contributed by atoms with Crippen LogP contribution in [-0.4, -0.2) is 24.2 Å². The average Bonchev–Trinajstić information content (AvgIpc) is 2.49. The summed E-state index contributed by atoms with van der Waals surface area (Å²) < 4.78 is 0. The standard InChI is InChI=1S/C9H15NO2/c11-9(12)7-3-1-2-6-4-10-5-8(6)7/h6-8,10H,1-5H2,(H,11,12)/t6-,7+,8+/m0/s1. The number of carboxylic acid groups (broad SMARTS) is 1. The van der Waals surface area contributed by atoms with Gasteiger partial charge >= 0.3 is 5.97 Å². The lowest BCUT2D eigenvalue weighted by atomic mass is 9.74. The van der Waals surface area contributed by atoms with Gasteiger partial charge < -0.3 is 10.4 Å². The van der Waals surface area contributed by atoms with E-state index in [1.165, 1.54) is 6.42 Å². The zero-order valence-electron chi connectivity index (χ0n) is 7.12. The Hall–Kier alpha value is -0.570. The zero-order chi connectivity index (χ0) is 8.55. The second-order valence-electron chi connectivity index (χ2n) is 3.96. The molecule has 0 aromatic rings. The van der Waals surface area contributed by atoms with Gasteiger partial charge in [-0.15, -0.1) is 0 Å². The maximum absolute atomic E-state index is 10.9. The van der Waals surface area contributed by atoms with Gasteiger partial charge in [0.15, 0.2) is 0 Å². The van der Waals surface area contributed by atoms with Crippen molar-refractivity contribution >= 4 is 5.97 Å². The summed E-state index contributed by atoms with van der Waals surface area (Å²) in [4.78, 5) is 10.9.